The van der Waals surface area contributed by atoms with Gasteiger partial charge in [-0.15, -0.1) is 0 Å². The Morgan fingerprint density at radius 2 is 2.21 bits per heavy atom. The molecule has 0 radical (unpaired) electrons. The third-order valence-electron chi connectivity index (χ3n) is 5.28. The monoisotopic (exact) mass is 405 g/mol. The lowest BCUT2D eigenvalue weighted by Gasteiger charge is -2.36. The van der Waals surface area contributed by atoms with Crippen molar-refractivity contribution in [3.05, 3.63) is 45.5 Å². The third kappa shape index (κ3) is 3.39. The number of aromatic nitrogens is 2. The second kappa shape index (κ2) is 7.08. The van der Waals surface area contributed by atoms with E-state index in [4.69, 9.17) is 9.47 Å². The van der Waals surface area contributed by atoms with Gasteiger partial charge < -0.3 is 9.47 Å². The maximum absolute atomic E-state index is 14.8. The largest absolute Gasteiger partial charge is 0.497 e. The van der Waals surface area contributed by atoms with Crippen molar-refractivity contribution in [3.63, 3.8) is 0 Å². The molecule has 28 heavy (non-hydrogen) atoms. The van der Waals surface area contributed by atoms with Crippen LogP contribution in [0.15, 0.2) is 28.0 Å². The topological polar surface area (TPSA) is 68.6 Å². The number of aromatic amines is 1. The van der Waals surface area contributed by atoms with Crippen molar-refractivity contribution in [3.8, 4) is 5.75 Å². The molecule has 0 bridgehead atoms. The highest BCUT2D eigenvalue weighted by atomic mass is 32.2. The number of hydrogen-bond donors (Lipinski definition) is 1. The van der Waals surface area contributed by atoms with Crippen LogP contribution in [0, 0.1) is 5.82 Å². The van der Waals surface area contributed by atoms with Crippen LogP contribution in [0.3, 0.4) is 0 Å². The molecule has 0 amide bonds. The minimum atomic E-state index is -0.448. The van der Waals surface area contributed by atoms with Crippen molar-refractivity contribution >= 4 is 22.6 Å². The number of H-pyrrole nitrogens is 1. The molecule has 0 spiro atoms. The number of ether oxygens (including phenoxy) is 2. The standard InChI is InChI=1S/C20H24FN3O3S/c1-11-22-18-16(17(28-11)14-6-5-13(26-4)9-15(14)21)19(25)23-24(18)12-7-8-27-20(2,3)10-12/h5-6,9,12,17H,7-8,10H2,1-4H3,(H,23,25). The van der Waals surface area contributed by atoms with E-state index in [0.29, 0.717) is 29.3 Å². The van der Waals surface area contributed by atoms with Gasteiger partial charge in [-0.25, -0.2) is 9.38 Å². The van der Waals surface area contributed by atoms with Gasteiger partial charge in [0.25, 0.3) is 5.56 Å². The van der Waals surface area contributed by atoms with Crippen molar-refractivity contribution in [1.82, 2.24) is 9.78 Å². The van der Waals surface area contributed by atoms with Gasteiger partial charge >= 0.3 is 0 Å². The van der Waals surface area contributed by atoms with Crippen LogP contribution in [0.4, 0.5) is 10.2 Å². The number of hydrogen-bond acceptors (Lipinski definition) is 5. The third-order valence-corrected chi connectivity index (χ3v) is 6.43. The van der Waals surface area contributed by atoms with Gasteiger partial charge in [0.2, 0.25) is 0 Å². The van der Waals surface area contributed by atoms with Gasteiger partial charge in [-0.1, -0.05) is 17.8 Å². The van der Waals surface area contributed by atoms with Gasteiger partial charge in [-0.3, -0.25) is 14.6 Å². The lowest BCUT2D eigenvalue weighted by Crippen LogP contribution is -2.35. The minimum absolute atomic E-state index is 0.0845. The van der Waals surface area contributed by atoms with E-state index >= 15 is 0 Å². The van der Waals surface area contributed by atoms with Crippen molar-refractivity contribution in [2.24, 2.45) is 4.99 Å². The molecule has 6 nitrogen and oxygen atoms in total. The Kier molecular flexibility index (Phi) is 4.87. The van der Waals surface area contributed by atoms with E-state index < -0.39 is 11.1 Å². The molecule has 0 saturated carbocycles. The summed E-state index contributed by atoms with van der Waals surface area (Å²) in [6.45, 7) is 6.61. The number of aliphatic imine (C=N–C) groups is 1. The van der Waals surface area contributed by atoms with E-state index in [1.807, 2.05) is 25.5 Å². The highest BCUT2D eigenvalue weighted by Crippen LogP contribution is 2.46. The van der Waals surface area contributed by atoms with Crippen LogP contribution in [0.1, 0.15) is 56.0 Å². The zero-order valence-electron chi connectivity index (χ0n) is 16.4. The Morgan fingerprint density at radius 3 is 2.89 bits per heavy atom. The summed E-state index contributed by atoms with van der Waals surface area (Å²) in [6.07, 6.45) is 1.57. The number of fused-ring (bicyclic) bond motifs is 1. The van der Waals surface area contributed by atoms with Gasteiger partial charge in [0, 0.05) is 18.2 Å². The lowest BCUT2D eigenvalue weighted by molar-refractivity contribution is -0.0705. The fraction of sp³-hybridized carbons (Fsp3) is 0.500. The Bertz CT molecular complexity index is 995. The Balaban J connectivity index is 1.80. The number of benzene rings is 1. The molecule has 2 aliphatic rings. The highest BCUT2D eigenvalue weighted by molar-refractivity contribution is 8.14. The van der Waals surface area contributed by atoms with Crippen molar-refractivity contribution in [2.45, 2.75) is 50.5 Å². The molecule has 2 aliphatic heterocycles. The Hall–Kier alpha value is -2.06. The quantitative estimate of drug-likeness (QED) is 0.825. The Labute approximate surface area is 167 Å². The molecular formula is C20H24FN3O3S. The summed E-state index contributed by atoms with van der Waals surface area (Å²) >= 11 is 1.39. The molecule has 2 unspecified atom stereocenters. The summed E-state index contributed by atoms with van der Waals surface area (Å²) in [6, 6.07) is 4.83. The van der Waals surface area contributed by atoms with E-state index in [0.717, 1.165) is 17.9 Å². The number of rotatable bonds is 3. The Morgan fingerprint density at radius 1 is 1.43 bits per heavy atom. The molecule has 1 aromatic carbocycles. The summed E-state index contributed by atoms with van der Waals surface area (Å²) in [4.78, 5) is 17.5. The first-order valence-corrected chi connectivity index (χ1v) is 10.2. The van der Waals surface area contributed by atoms with Gasteiger partial charge in [-0.2, -0.15) is 0 Å². The first kappa shape index (κ1) is 19.3. The SMILES string of the molecule is COc1ccc(C2SC(C)=Nc3c2c(=O)[nH]n3C2CCOC(C)(C)C2)c(F)c1. The molecule has 1 saturated heterocycles. The van der Waals surface area contributed by atoms with Crippen LogP contribution in [-0.2, 0) is 4.74 Å². The zero-order valence-corrected chi connectivity index (χ0v) is 17.2. The molecule has 1 N–H and O–H groups in total. The molecule has 2 aromatic rings. The van der Waals surface area contributed by atoms with Crippen LogP contribution in [0.25, 0.3) is 0 Å². The summed E-state index contributed by atoms with van der Waals surface area (Å²) < 4.78 is 27.5. The predicted octanol–water partition coefficient (Wildman–Crippen LogP) is 4.34. The van der Waals surface area contributed by atoms with E-state index in [2.05, 4.69) is 10.1 Å². The first-order chi connectivity index (χ1) is 13.3. The average Bonchev–Trinajstić information content (AvgIpc) is 2.96. The van der Waals surface area contributed by atoms with E-state index in [9.17, 15) is 9.18 Å². The summed E-state index contributed by atoms with van der Waals surface area (Å²) in [5.41, 5.74) is 0.477. The maximum Gasteiger partial charge on any atom is 0.271 e. The van der Waals surface area contributed by atoms with E-state index in [1.165, 1.54) is 24.9 Å². The number of methoxy groups -OCH3 is 1. The van der Waals surface area contributed by atoms with Crippen LogP contribution < -0.4 is 10.3 Å². The van der Waals surface area contributed by atoms with Crippen molar-refractivity contribution < 1.29 is 13.9 Å². The number of nitrogens with one attached hydrogen (secondary N) is 1. The molecule has 1 aromatic heterocycles. The smallest absolute Gasteiger partial charge is 0.271 e. The van der Waals surface area contributed by atoms with Crippen LogP contribution in [-0.4, -0.2) is 34.1 Å². The predicted molar refractivity (Wildman–Crippen MR) is 109 cm³/mol. The number of halogens is 1. The molecule has 8 heteroatoms. The molecule has 4 rings (SSSR count). The first-order valence-electron chi connectivity index (χ1n) is 9.33. The van der Waals surface area contributed by atoms with E-state index in [-0.39, 0.29) is 17.2 Å². The highest BCUT2D eigenvalue weighted by Gasteiger charge is 2.36. The molecule has 2 atom stereocenters. The average molecular weight is 405 g/mol. The second-order valence-corrected chi connectivity index (χ2v) is 9.12. The van der Waals surface area contributed by atoms with Crippen molar-refractivity contribution in [1.29, 1.82) is 0 Å². The van der Waals surface area contributed by atoms with Crippen LogP contribution >= 0.6 is 11.8 Å². The normalized spacial score (nSPS) is 23.8. The van der Waals surface area contributed by atoms with Crippen LogP contribution in [0.5, 0.6) is 5.75 Å². The van der Waals surface area contributed by atoms with Gasteiger partial charge in [0.05, 0.1) is 34.6 Å². The lowest BCUT2D eigenvalue weighted by atomic mass is 9.94. The maximum atomic E-state index is 14.8. The second-order valence-electron chi connectivity index (χ2n) is 7.82. The number of thioether (sulfide) groups is 1. The molecule has 1 fully saturated rings. The molecule has 3 heterocycles. The molecule has 0 aliphatic carbocycles. The van der Waals surface area contributed by atoms with Gasteiger partial charge in [0.15, 0.2) is 5.82 Å². The molecule has 150 valence electrons. The summed E-state index contributed by atoms with van der Waals surface area (Å²) in [5.74, 6) is 0.657. The van der Waals surface area contributed by atoms with Gasteiger partial charge in [-0.05, 0) is 39.7 Å². The van der Waals surface area contributed by atoms with Crippen LogP contribution in [0.2, 0.25) is 0 Å². The van der Waals surface area contributed by atoms with E-state index in [1.54, 1.807) is 12.1 Å². The zero-order chi connectivity index (χ0) is 20.1. The molecular weight excluding hydrogens is 381 g/mol. The summed E-state index contributed by atoms with van der Waals surface area (Å²) in [7, 11) is 1.50. The van der Waals surface area contributed by atoms with Gasteiger partial charge in [0.1, 0.15) is 11.6 Å². The fourth-order valence-corrected chi connectivity index (χ4v) is 5.09. The number of nitrogens with zero attached hydrogens (tertiary/aromatic N) is 2. The van der Waals surface area contributed by atoms with Crippen molar-refractivity contribution in [2.75, 3.05) is 13.7 Å². The fourth-order valence-electron chi connectivity index (χ4n) is 3.96. The summed E-state index contributed by atoms with van der Waals surface area (Å²) in [5, 5.41) is 3.31. The minimum Gasteiger partial charge on any atom is -0.497 e.